The molecule has 0 atom stereocenters. The molecule has 42 heavy (non-hydrogen) atoms. The molecule has 0 spiro atoms. The Morgan fingerprint density at radius 1 is 0.786 bits per heavy atom. The highest BCUT2D eigenvalue weighted by Gasteiger charge is 2.71. The predicted octanol–water partition coefficient (Wildman–Crippen LogP) is 8.14. The fraction of sp³-hybridized carbons (Fsp3) is 0.481. The van der Waals surface area contributed by atoms with Crippen molar-refractivity contribution in [2.75, 3.05) is 13.9 Å². The monoisotopic (exact) mass is 636 g/mol. The molecule has 0 N–H and O–H groups in total. The summed E-state index contributed by atoms with van der Waals surface area (Å²) in [4.78, 5) is 0. The van der Waals surface area contributed by atoms with Gasteiger partial charge in [0, 0.05) is 12.5 Å². The lowest BCUT2D eigenvalue weighted by atomic mass is 9.70. The Kier molecular flexibility index (Phi) is 10.5. The van der Waals surface area contributed by atoms with Gasteiger partial charge in [0.25, 0.3) is 5.60 Å². The van der Waals surface area contributed by atoms with Crippen molar-refractivity contribution in [2.45, 2.75) is 69.4 Å². The van der Waals surface area contributed by atoms with E-state index in [2.05, 4.69) is 13.7 Å². The van der Waals surface area contributed by atoms with Crippen molar-refractivity contribution in [3.8, 4) is 5.75 Å². The molecule has 0 heterocycles. The Morgan fingerprint density at radius 3 is 1.69 bits per heavy atom. The van der Waals surface area contributed by atoms with E-state index >= 15 is 0 Å². The third-order valence-electron chi connectivity index (χ3n) is 6.98. The summed E-state index contributed by atoms with van der Waals surface area (Å²) in [6, 6.07) is 8.40. The Bertz CT molecular complexity index is 1360. The summed E-state index contributed by atoms with van der Waals surface area (Å²) in [5, 5.41) is 0. The minimum absolute atomic E-state index is 0.0380. The quantitative estimate of drug-likeness (QED) is 0.108. The van der Waals surface area contributed by atoms with Crippen LogP contribution < -0.4 is 4.18 Å². The van der Waals surface area contributed by atoms with Gasteiger partial charge >= 0.3 is 28.0 Å². The zero-order chi connectivity index (χ0) is 32.4. The summed E-state index contributed by atoms with van der Waals surface area (Å²) < 4.78 is 156. The molecule has 15 heteroatoms. The van der Waals surface area contributed by atoms with E-state index in [-0.39, 0.29) is 17.2 Å². The number of hydrogen-bond donors (Lipinski definition) is 0. The molecule has 2 aromatic carbocycles. The topological polar surface area (TPSA) is 61.8 Å². The Labute approximate surface area is 237 Å². The van der Waals surface area contributed by atoms with Crippen LogP contribution in [0.1, 0.15) is 54.5 Å². The molecule has 0 saturated heterocycles. The molecule has 5 nitrogen and oxygen atoms in total. The van der Waals surface area contributed by atoms with Gasteiger partial charge in [0.15, 0.2) is 0 Å². The van der Waals surface area contributed by atoms with Gasteiger partial charge in [-0.3, -0.25) is 0 Å². The van der Waals surface area contributed by atoms with Crippen LogP contribution in [0, 0.1) is 13.8 Å². The Hall–Kier alpha value is -2.78. The SMILES string of the molecule is CCC(CC)(c1ccc(/C=C/C(OCOC)(C(F)(F)F)C(F)(F)F)c(C)c1)c1ccc(OS(=O)(=O)C(F)(F)F)c(C)c1. The van der Waals surface area contributed by atoms with E-state index in [0.717, 1.165) is 13.2 Å². The molecule has 0 bridgehead atoms. The number of halogens is 9. The number of hydrogen-bond acceptors (Lipinski definition) is 5. The van der Waals surface area contributed by atoms with Crippen LogP contribution in [-0.4, -0.2) is 45.8 Å². The average molecular weight is 637 g/mol. The number of ether oxygens (including phenoxy) is 2. The highest BCUT2D eigenvalue weighted by atomic mass is 32.2. The first kappa shape index (κ1) is 35.4. The zero-order valence-electron chi connectivity index (χ0n) is 23.1. The lowest BCUT2D eigenvalue weighted by molar-refractivity contribution is -0.372. The second-order valence-electron chi connectivity index (χ2n) is 9.44. The summed E-state index contributed by atoms with van der Waals surface area (Å²) in [6.07, 6.45) is -10.3. The minimum atomic E-state index is -5.90. The van der Waals surface area contributed by atoms with Crippen molar-refractivity contribution in [3.63, 3.8) is 0 Å². The van der Waals surface area contributed by atoms with Gasteiger partial charge in [0.2, 0.25) is 0 Å². The smallest absolute Gasteiger partial charge is 0.376 e. The molecule has 0 radical (unpaired) electrons. The molecule has 2 rings (SSSR count). The molecule has 0 aromatic heterocycles. The maximum Gasteiger partial charge on any atom is 0.534 e. The number of benzene rings is 2. The van der Waals surface area contributed by atoms with Crippen molar-refractivity contribution in [2.24, 2.45) is 0 Å². The molecule has 0 saturated carbocycles. The summed E-state index contributed by atoms with van der Waals surface area (Å²) in [6.45, 7) is 5.20. The molecule has 0 unspecified atom stereocenters. The van der Waals surface area contributed by atoms with Crippen molar-refractivity contribution >= 4 is 16.2 Å². The van der Waals surface area contributed by atoms with Crippen molar-refractivity contribution in [1.82, 2.24) is 0 Å². The van der Waals surface area contributed by atoms with Gasteiger partial charge in [-0.25, -0.2) is 0 Å². The summed E-state index contributed by atoms with van der Waals surface area (Å²) in [7, 11) is -5.02. The van der Waals surface area contributed by atoms with E-state index in [1.54, 1.807) is 6.07 Å². The highest BCUT2D eigenvalue weighted by Crippen LogP contribution is 2.47. The van der Waals surface area contributed by atoms with Crippen LogP contribution in [0.5, 0.6) is 5.75 Å². The predicted molar refractivity (Wildman–Crippen MR) is 136 cm³/mol. The molecule has 0 fully saturated rings. The average Bonchev–Trinajstić information content (AvgIpc) is 2.85. The van der Waals surface area contributed by atoms with E-state index < -0.39 is 51.5 Å². The van der Waals surface area contributed by atoms with Gasteiger partial charge in [-0.15, -0.1) is 0 Å². The van der Waals surface area contributed by atoms with E-state index in [1.807, 2.05) is 13.8 Å². The van der Waals surface area contributed by atoms with Gasteiger partial charge in [0.1, 0.15) is 12.5 Å². The molecular weight excluding hydrogens is 607 g/mol. The summed E-state index contributed by atoms with van der Waals surface area (Å²) in [5.74, 6) is -0.526. The van der Waals surface area contributed by atoms with Crippen LogP contribution in [0.3, 0.4) is 0 Å². The maximum atomic E-state index is 13.7. The van der Waals surface area contributed by atoms with Crippen LogP contribution in [0.4, 0.5) is 39.5 Å². The second-order valence-corrected chi connectivity index (χ2v) is 11.0. The Balaban J connectivity index is 2.58. The maximum absolute atomic E-state index is 13.7. The summed E-state index contributed by atoms with van der Waals surface area (Å²) in [5.41, 5.74) is -9.41. The van der Waals surface area contributed by atoms with Crippen LogP contribution >= 0.6 is 0 Å². The van der Waals surface area contributed by atoms with Crippen molar-refractivity contribution in [3.05, 3.63) is 70.3 Å². The molecule has 2 aromatic rings. The first-order valence-corrected chi connectivity index (χ1v) is 13.7. The van der Waals surface area contributed by atoms with E-state index in [4.69, 9.17) is 0 Å². The standard InChI is InChI=1S/C27H29F9O5S/c1-6-23(7-2,21-10-11-22(18(4)15-21)41-42(37,38)27(34,35)36)20-9-8-19(17(3)14-20)12-13-24(25(28,29)30,26(31,32)33)40-16-39-5/h8-15H,6-7,16H2,1-5H3/b13-12+. The molecule has 0 aliphatic heterocycles. The molecule has 0 aliphatic rings. The van der Waals surface area contributed by atoms with Gasteiger partial charge in [-0.2, -0.15) is 47.9 Å². The van der Waals surface area contributed by atoms with Crippen LogP contribution in [0.25, 0.3) is 6.08 Å². The molecule has 236 valence electrons. The van der Waals surface area contributed by atoms with Crippen molar-refractivity contribution < 1.29 is 61.6 Å². The van der Waals surface area contributed by atoms with Gasteiger partial charge in [-0.1, -0.05) is 50.3 Å². The van der Waals surface area contributed by atoms with Gasteiger partial charge < -0.3 is 13.7 Å². The first-order chi connectivity index (χ1) is 19.1. The largest absolute Gasteiger partial charge is 0.534 e. The van der Waals surface area contributed by atoms with E-state index in [0.29, 0.717) is 35.6 Å². The highest BCUT2D eigenvalue weighted by molar-refractivity contribution is 7.88. The molecule has 0 aliphatic carbocycles. The normalized spacial score (nSPS) is 14.0. The molecular formula is C27H29F9O5S. The summed E-state index contributed by atoms with van der Waals surface area (Å²) >= 11 is 0. The van der Waals surface area contributed by atoms with Crippen LogP contribution in [0.15, 0.2) is 42.5 Å². The first-order valence-electron chi connectivity index (χ1n) is 12.3. The zero-order valence-corrected chi connectivity index (χ0v) is 23.9. The third kappa shape index (κ3) is 6.88. The lowest BCUT2D eigenvalue weighted by Gasteiger charge is -2.35. The van der Waals surface area contributed by atoms with Gasteiger partial charge in [-0.05, 0) is 66.6 Å². The van der Waals surface area contributed by atoms with Gasteiger partial charge in [0.05, 0.1) is 0 Å². The molecule has 0 amide bonds. The van der Waals surface area contributed by atoms with Crippen molar-refractivity contribution in [1.29, 1.82) is 0 Å². The fourth-order valence-electron chi connectivity index (χ4n) is 4.52. The Morgan fingerprint density at radius 2 is 1.29 bits per heavy atom. The van der Waals surface area contributed by atoms with E-state index in [9.17, 15) is 47.9 Å². The van der Waals surface area contributed by atoms with Crippen LogP contribution in [-0.2, 0) is 25.0 Å². The second kappa shape index (κ2) is 12.4. The third-order valence-corrected chi connectivity index (χ3v) is 7.95. The lowest BCUT2D eigenvalue weighted by Crippen LogP contribution is -2.57. The van der Waals surface area contributed by atoms with E-state index in [1.165, 1.54) is 38.1 Å². The van der Waals surface area contributed by atoms with Crippen LogP contribution in [0.2, 0.25) is 0 Å². The number of rotatable bonds is 11. The minimum Gasteiger partial charge on any atom is -0.376 e. The fourth-order valence-corrected chi connectivity index (χ4v) is 5.04. The number of methoxy groups -OCH3 is 1. The number of aryl methyl sites for hydroxylation is 2. The number of alkyl halides is 9.